The third-order valence-corrected chi connectivity index (χ3v) is 4.22. The second-order valence-electron chi connectivity index (χ2n) is 7.02. The van der Waals surface area contributed by atoms with E-state index in [0.29, 0.717) is 18.8 Å². The van der Waals surface area contributed by atoms with Gasteiger partial charge in [0.25, 0.3) is 0 Å². The molecule has 2 aromatic rings. The maximum atomic E-state index is 8.95. The summed E-state index contributed by atoms with van der Waals surface area (Å²) in [5.74, 6) is 1.52. The van der Waals surface area contributed by atoms with Crippen molar-refractivity contribution in [3.63, 3.8) is 0 Å². The van der Waals surface area contributed by atoms with Gasteiger partial charge in [-0.25, -0.2) is 4.99 Å². The van der Waals surface area contributed by atoms with Crippen LogP contribution in [0.3, 0.4) is 0 Å². The van der Waals surface area contributed by atoms with E-state index in [1.165, 1.54) is 0 Å². The zero-order valence-electron chi connectivity index (χ0n) is 17.0. The van der Waals surface area contributed by atoms with Gasteiger partial charge in [0.05, 0.1) is 29.2 Å². The first-order valence-corrected chi connectivity index (χ1v) is 9.78. The zero-order valence-corrected chi connectivity index (χ0v) is 17.0. The second kappa shape index (κ2) is 9.88. The van der Waals surface area contributed by atoms with E-state index in [0.717, 1.165) is 22.8 Å². The molecule has 1 aromatic carbocycles. The molecular weight excluding hydrogens is 368 g/mol. The van der Waals surface area contributed by atoms with Gasteiger partial charge in [0, 0.05) is 25.5 Å². The summed E-state index contributed by atoms with van der Waals surface area (Å²) in [4.78, 5) is 4.39. The van der Waals surface area contributed by atoms with Gasteiger partial charge in [0.15, 0.2) is 0 Å². The van der Waals surface area contributed by atoms with Crippen LogP contribution < -0.4 is 15.5 Å². The fourth-order valence-corrected chi connectivity index (χ4v) is 2.79. The predicted molar refractivity (Wildman–Crippen MR) is 115 cm³/mol. The lowest BCUT2D eigenvalue weighted by Crippen LogP contribution is -2.35. The molecule has 1 aromatic heterocycles. The average Bonchev–Trinajstić information content (AvgIpc) is 3.20. The van der Waals surface area contributed by atoms with Crippen LogP contribution in [0.1, 0.15) is 38.9 Å². The van der Waals surface area contributed by atoms with Gasteiger partial charge in [-0.2, -0.15) is 10.2 Å². The Morgan fingerprint density at radius 3 is 2.83 bits per heavy atom. The molecule has 0 saturated carbocycles. The molecule has 0 bridgehead atoms. The van der Waals surface area contributed by atoms with Gasteiger partial charge in [-0.15, -0.1) is 0 Å². The lowest BCUT2D eigenvalue weighted by atomic mass is 10.1. The molecule has 0 fully saturated rings. The number of hydrogen-bond donors (Lipinski definition) is 3. The largest absolute Gasteiger partial charge is 0.491 e. The fourth-order valence-electron chi connectivity index (χ4n) is 2.79. The highest BCUT2D eigenvalue weighted by molar-refractivity contribution is 6.41. The van der Waals surface area contributed by atoms with Crippen LogP contribution in [0.25, 0.3) is 0 Å². The zero-order chi connectivity index (χ0) is 20.6. The fraction of sp³-hybridized carbons (Fsp3) is 0.381. The van der Waals surface area contributed by atoms with E-state index in [1.807, 2.05) is 68.1 Å². The van der Waals surface area contributed by atoms with E-state index in [4.69, 9.17) is 9.84 Å². The van der Waals surface area contributed by atoms with Gasteiger partial charge >= 0.3 is 0 Å². The van der Waals surface area contributed by atoms with E-state index in [9.17, 15) is 0 Å². The molecule has 3 N–H and O–H groups in total. The number of nitrogens with one attached hydrogen (secondary N) is 2. The summed E-state index contributed by atoms with van der Waals surface area (Å²) >= 11 is 0. The number of aromatic nitrogens is 2. The van der Waals surface area contributed by atoms with Crippen LogP contribution in [-0.4, -0.2) is 39.1 Å². The van der Waals surface area contributed by atoms with Crippen molar-refractivity contribution in [1.82, 2.24) is 15.1 Å². The van der Waals surface area contributed by atoms with E-state index < -0.39 is 0 Å². The molecule has 3 rings (SSSR count). The minimum absolute atomic E-state index is 0.0736. The molecule has 0 spiro atoms. The number of aryl methyl sites for hydroxylation is 1. The summed E-state index contributed by atoms with van der Waals surface area (Å²) < 4.78 is 7.48. The number of nitrogens with zero attached hydrogens (tertiary/aromatic N) is 4. The molecule has 8 heteroatoms. The van der Waals surface area contributed by atoms with Crippen LogP contribution >= 0.6 is 0 Å². The van der Waals surface area contributed by atoms with Gasteiger partial charge in [0.2, 0.25) is 0 Å². The van der Waals surface area contributed by atoms with Gasteiger partial charge in [0.1, 0.15) is 11.6 Å². The Balaban J connectivity index is 1.59. The van der Waals surface area contributed by atoms with Gasteiger partial charge in [-0.3, -0.25) is 10.1 Å². The smallest absolute Gasteiger partial charge is 0.149 e. The summed E-state index contributed by atoms with van der Waals surface area (Å²) in [6, 6.07) is 9.56. The Morgan fingerprint density at radius 2 is 2.10 bits per heavy atom. The Labute approximate surface area is 171 Å². The number of hydrogen-bond acceptors (Lipinski definition) is 7. The Hall–Kier alpha value is -3.13. The molecule has 0 saturated heterocycles. The predicted octanol–water partition coefficient (Wildman–Crippen LogP) is 3.10. The van der Waals surface area contributed by atoms with Gasteiger partial charge < -0.3 is 15.2 Å². The van der Waals surface area contributed by atoms with Crippen LogP contribution in [0.2, 0.25) is 0 Å². The van der Waals surface area contributed by atoms with Gasteiger partial charge in [-0.1, -0.05) is 0 Å². The Morgan fingerprint density at radius 1 is 1.31 bits per heavy atom. The van der Waals surface area contributed by atoms with Gasteiger partial charge in [-0.05, 0) is 63.6 Å². The number of hydrazone groups is 1. The Kier molecular flexibility index (Phi) is 7.02. The van der Waals surface area contributed by atoms with E-state index in [-0.39, 0.29) is 18.8 Å². The van der Waals surface area contributed by atoms with Crippen molar-refractivity contribution in [2.24, 2.45) is 10.1 Å². The highest BCUT2D eigenvalue weighted by Gasteiger charge is 2.17. The number of ether oxygens (including phenoxy) is 1. The van der Waals surface area contributed by atoms with E-state index in [1.54, 1.807) is 6.20 Å². The summed E-state index contributed by atoms with van der Waals surface area (Å²) in [7, 11) is 0. The molecule has 1 aliphatic heterocycles. The van der Waals surface area contributed by atoms with Crippen LogP contribution in [0.15, 0.2) is 58.9 Å². The first kappa shape index (κ1) is 20.6. The van der Waals surface area contributed by atoms with E-state index in [2.05, 4.69) is 25.9 Å². The standard InChI is InChI=1S/C21H28N6O2/c1-15(2)29-18-7-5-17(6-8-18)25-24-16(3)21-22-11-9-19(23-21)20-10-13-27(26-20)12-4-14-28/h5-11,13,15,19,25,28H,4,12,14H2,1-3H3,(H,22,23)/b24-16+. The number of aliphatic imine (C=N–C) groups is 1. The summed E-state index contributed by atoms with van der Waals surface area (Å²) in [6.07, 6.45) is 6.47. The van der Waals surface area contributed by atoms with Crippen LogP contribution in [0, 0.1) is 0 Å². The monoisotopic (exact) mass is 396 g/mol. The van der Waals surface area contributed by atoms with Crippen molar-refractivity contribution in [1.29, 1.82) is 0 Å². The molecule has 154 valence electrons. The lowest BCUT2D eigenvalue weighted by Gasteiger charge is -2.19. The van der Waals surface area contributed by atoms with Crippen LogP contribution in [0.5, 0.6) is 5.75 Å². The average molecular weight is 396 g/mol. The first-order valence-electron chi connectivity index (χ1n) is 9.78. The van der Waals surface area contributed by atoms with Crippen LogP contribution in [0.4, 0.5) is 5.69 Å². The van der Waals surface area contributed by atoms with Crippen molar-refractivity contribution in [2.75, 3.05) is 12.0 Å². The molecule has 1 unspecified atom stereocenters. The summed E-state index contributed by atoms with van der Waals surface area (Å²) in [5.41, 5.74) is 5.55. The topological polar surface area (TPSA) is 96.1 Å². The van der Waals surface area contributed by atoms with Crippen molar-refractivity contribution >= 4 is 17.2 Å². The summed E-state index contributed by atoms with van der Waals surface area (Å²) in [6.45, 7) is 6.74. The third kappa shape index (κ3) is 5.92. The third-order valence-electron chi connectivity index (χ3n) is 4.22. The number of rotatable bonds is 9. The quantitative estimate of drug-likeness (QED) is 0.447. The molecular formula is C21H28N6O2. The molecule has 0 amide bonds. The molecule has 1 aliphatic rings. The highest BCUT2D eigenvalue weighted by atomic mass is 16.5. The first-order chi connectivity index (χ1) is 14.0. The van der Waals surface area contributed by atoms with E-state index >= 15 is 0 Å². The Bertz CT molecular complexity index is 883. The van der Waals surface area contributed by atoms with Crippen molar-refractivity contribution < 1.29 is 9.84 Å². The lowest BCUT2D eigenvalue weighted by molar-refractivity contribution is 0.242. The number of aliphatic hydroxyl groups excluding tert-OH is 1. The molecule has 29 heavy (non-hydrogen) atoms. The number of anilines is 1. The molecule has 0 radical (unpaired) electrons. The number of amidine groups is 1. The highest BCUT2D eigenvalue weighted by Crippen LogP contribution is 2.18. The second-order valence-corrected chi connectivity index (χ2v) is 7.02. The summed E-state index contributed by atoms with van der Waals surface area (Å²) in [5, 5.41) is 21.3. The molecule has 1 atom stereocenters. The number of benzene rings is 1. The van der Waals surface area contributed by atoms with Crippen LogP contribution in [-0.2, 0) is 6.54 Å². The minimum atomic E-state index is -0.0736. The van der Waals surface area contributed by atoms with Crippen molar-refractivity contribution in [3.05, 3.63) is 54.5 Å². The molecule has 0 aliphatic carbocycles. The maximum absolute atomic E-state index is 8.95. The van der Waals surface area contributed by atoms with Crippen molar-refractivity contribution in [2.45, 2.75) is 45.9 Å². The normalized spacial score (nSPS) is 16.5. The number of aliphatic hydroxyl groups is 1. The van der Waals surface area contributed by atoms with Crippen molar-refractivity contribution in [3.8, 4) is 5.75 Å². The maximum Gasteiger partial charge on any atom is 0.149 e. The minimum Gasteiger partial charge on any atom is -0.491 e. The molecule has 2 heterocycles. The molecule has 8 nitrogen and oxygen atoms in total. The SMILES string of the molecule is C/C(=N\Nc1ccc(OC(C)C)cc1)C1=NC=CC(c2ccn(CCCO)n2)N1.